The number of amides is 1. The number of carbonyl (C=O) groups is 1. The van der Waals surface area contributed by atoms with Crippen molar-refractivity contribution in [2.45, 2.75) is 33.7 Å². The Labute approximate surface area is 145 Å². The van der Waals surface area contributed by atoms with Gasteiger partial charge in [-0.1, -0.05) is 26.0 Å². The lowest BCUT2D eigenvalue weighted by atomic mass is 10.0. The fraction of sp³-hybridized carbons (Fsp3) is 0.389. The molecule has 0 aliphatic rings. The van der Waals surface area contributed by atoms with Crippen LogP contribution in [0.4, 0.5) is 0 Å². The molecule has 2 aromatic heterocycles. The summed E-state index contributed by atoms with van der Waals surface area (Å²) in [5, 5.41) is 4.06. The summed E-state index contributed by atoms with van der Waals surface area (Å²) in [7, 11) is 1.99. The van der Waals surface area contributed by atoms with E-state index in [9.17, 15) is 4.79 Å². The zero-order valence-corrected chi connectivity index (χ0v) is 15.4. The molecule has 1 atom stereocenters. The first-order chi connectivity index (χ1) is 11.4. The largest absolute Gasteiger partial charge is 0.341 e. The highest BCUT2D eigenvalue weighted by Crippen LogP contribution is 2.26. The minimum atomic E-state index is -0.156. The van der Waals surface area contributed by atoms with Crippen LogP contribution in [-0.2, 0) is 7.05 Å². The SMILES string of the molecule is Cc1nc(C)c(C(=O)N[C@@H](c2nc3ccccc3n2C)C(C)C)s1. The van der Waals surface area contributed by atoms with Crippen molar-refractivity contribution in [1.82, 2.24) is 19.9 Å². The number of aryl methyl sites for hydroxylation is 3. The van der Waals surface area contributed by atoms with Crippen LogP contribution in [0.5, 0.6) is 0 Å². The van der Waals surface area contributed by atoms with Gasteiger partial charge in [0.15, 0.2) is 0 Å². The first-order valence-corrected chi connectivity index (χ1v) is 8.86. The molecule has 0 bridgehead atoms. The molecule has 0 unspecified atom stereocenters. The van der Waals surface area contributed by atoms with E-state index in [2.05, 4.69) is 28.7 Å². The molecule has 5 nitrogen and oxygen atoms in total. The number of aromatic nitrogens is 3. The van der Waals surface area contributed by atoms with Gasteiger partial charge in [0.1, 0.15) is 10.7 Å². The van der Waals surface area contributed by atoms with E-state index in [4.69, 9.17) is 4.98 Å². The molecule has 2 heterocycles. The Kier molecular flexibility index (Phi) is 4.41. The second-order valence-corrected chi connectivity index (χ2v) is 7.56. The van der Waals surface area contributed by atoms with Crippen molar-refractivity contribution in [3.8, 4) is 0 Å². The summed E-state index contributed by atoms with van der Waals surface area (Å²) < 4.78 is 2.06. The first kappa shape index (κ1) is 16.6. The van der Waals surface area contributed by atoms with Gasteiger partial charge in [0.2, 0.25) is 0 Å². The number of benzene rings is 1. The molecule has 0 spiro atoms. The maximum absolute atomic E-state index is 12.7. The van der Waals surface area contributed by atoms with Gasteiger partial charge in [0.25, 0.3) is 5.91 Å². The standard InChI is InChI=1S/C18H22N4OS/c1-10(2)15(21-18(23)16-11(3)19-12(4)24-16)17-20-13-8-6-7-9-14(13)22(17)5/h6-10,15H,1-5H3,(H,21,23)/t15-/m1/s1. The summed E-state index contributed by atoms with van der Waals surface area (Å²) >= 11 is 1.43. The number of imidazole rings is 1. The molecule has 3 rings (SSSR count). The summed E-state index contributed by atoms with van der Waals surface area (Å²) in [4.78, 5) is 22.5. The van der Waals surface area contributed by atoms with Crippen molar-refractivity contribution in [3.63, 3.8) is 0 Å². The zero-order valence-electron chi connectivity index (χ0n) is 14.6. The number of nitrogens with one attached hydrogen (secondary N) is 1. The summed E-state index contributed by atoms with van der Waals surface area (Å²) in [5.74, 6) is 1.01. The number of carbonyl (C=O) groups excluding carboxylic acids is 1. The fourth-order valence-corrected chi connectivity index (χ4v) is 3.74. The van der Waals surface area contributed by atoms with Gasteiger partial charge in [-0.15, -0.1) is 11.3 Å². The maximum atomic E-state index is 12.7. The van der Waals surface area contributed by atoms with Crippen LogP contribution in [0.3, 0.4) is 0 Å². The molecule has 126 valence electrons. The average Bonchev–Trinajstić information content (AvgIpc) is 3.04. The Morgan fingerprint density at radius 2 is 1.92 bits per heavy atom. The van der Waals surface area contributed by atoms with Crippen molar-refractivity contribution < 1.29 is 4.79 Å². The van der Waals surface area contributed by atoms with Gasteiger partial charge in [0.05, 0.1) is 27.8 Å². The van der Waals surface area contributed by atoms with Crippen molar-refractivity contribution in [1.29, 1.82) is 0 Å². The minimum Gasteiger partial charge on any atom is -0.341 e. The van der Waals surface area contributed by atoms with Gasteiger partial charge in [-0.3, -0.25) is 4.79 Å². The van der Waals surface area contributed by atoms with Gasteiger partial charge in [-0.05, 0) is 31.9 Å². The van der Waals surface area contributed by atoms with E-state index >= 15 is 0 Å². The van der Waals surface area contributed by atoms with Gasteiger partial charge in [-0.25, -0.2) is 9.97 Å². The van der Waals surface area contributed by atoms with Crippen molar-refractivity contribution in [3.05, 3.63) is 45.7 Å². The van der Waals surface area contributed by atoms with Crippen molar-refractivity contribution in [2.75, 3.05) is 0 Å². The lowest BCUT2D eigenvalue weighted by Crippen LogP contribution is -2.33. The quantitative estimate of drug-likeness (QED) is 0.785. The summed E-state index contributed by atoms with van der Waals surface area (Å²) in [5.41, 5.74) is 2.79. The molecule has 0 saturated heterocycles. The molecule has 0 aliphatic carbocycles. The zero-order chi connectivity index (χ0) is 17.4. The molecule has 1 N–H and O–H groups in total. The highest BCUT2D eigenvalue weighted by molar-refractivity contribution is 7.13. The van der Waals surface area contributed by atoms with E-state index < -0.39 is 0 Å². The number of nitrogens with zero attached hydrogens (tertiary/aromatic N) is 3. The Balaban J connectivity index is 1.96. The summed E-state index contributed by atoms with van der Waals surface area (Å²) in [6.45, 7) is 7.97. The van der Waals surface area contributed by atoms with E-state index in [1.807, 2.05) is 45.2 Å². The lowest BCUT2D eigenvalue weighted by Gasteiger charge is -2.22. The van der Waals surface area contributed by atoms with Crippen LogP contribution in [0.2, 0.25) is 0 Å². The van der Waals surface area contributed by atoms with Crippen LogP contribution in [0.1, 0.15) is 46.1 Å². The molecule has 0 saturated carbocycles. The monoisotopic (exact) mass is 342 g/mol. The Morgan fingerprint density at radius 1 is 1.21 bits per heavy atom. The Bertz CT molecular complexity index is 894. The number of thiazole rings is 1. The van der Waals surface area contributed by atoms with Gasteiger partial charge < -0.3 is 9.88 Å². The van der Waals surface area contributed by atoms with Crippen LogP contribution in [0.25, 0.3) is 11.0 Å². The Hall–Kier alpha value is -2.21. The molecular weight excluding hydrogens is 320 g/mol. The highest BCUT2D eigenvalue weighted by atomic mass is 32.1. The number of hydrogen-bond acceptors (Lipinski definition) is 4. The molecule has 0 aliphatic heterocycles. The predicted molar refractivity (Wildman–Crippen MR) is 97.3 cm³/mol. The molecule has 1 amide bonds. The van der Waals surface area contributed by atoms with Crippen molar-refractivity contribution in [2.24, 2.45) is 13.0 Å². The van der Waals surface area contributed by atoms with E-state index in [1.54, 1.807) is 0 Å². The fourth-order valence-electron chi connectivity index (χ4n) is 2.92. The van der Waals surface area contributed by atoms with Crippen LogP contribution in [0, 0.1) is 19.8 Å². The summed E-state index contributed by atoms with van der Waals surface area (Å²) in [6.07, 6.45) is 0. The van der Waals surface area contributed by atoms with E-state index in [1.165, 1.54) is 11.3 Å². The van der Waals surface area contributed by atoms with Crippen LogP contribution >= 0.6 is 11.3 Å². The van der Waals surface area contributed by atoms with E-state index in [-0.39, 0.29) is 17.9 Å². The summed E-state index contributed by atoms with van der Waals surface area (Å²) in [6, 6.07) is 7.86. The molecule has 0 radical (unpaired) electrons. The third-order valence-corrected chi connectivity index (χ3v) is 5.23. The molecule has 0 fully saturated rings. The topological polar surface area (TPSA) is 59.8 Å². The minimum absolute atomic E-state index is 0.0798. The molecule has 6 heteroatoms. The van der Waals surface area contributed by atoms with Crippen LogP contribution in [0.15, 0.2) is 24.3 Å². The third kappa shape index (κ3) is 2.94. The Morgan fingerprint density at radius 3 is 2.50 bits per heavy atom. The molecule has 3 aromatic rings. The predicted octanol–water partition coefficient (Wildman–Crippen LogP) is 3.77. The van der Waals surface area contributed by atoms with Gasteiger partial charge in [-0.2, -0.15) is 0 Å². The van der Waals surface area contributed by atoms with Crippen molar-refractivity contribution >= 4 is 28.3 Å². The first-order valence-electron chi connectivity index (χ1n) is 8.04. The normalized spacial score (nSPS) is 12.8. The van der Waals surface area contributed by atoms with Gasteiger partial charge >= 0.3 is 0 Å². The second-order valence-electron chi connectivity index (χ2n) is 6.36. The van der Waals surface area contributed by atoms with E-state index in [0.29, 0.717) is 4.88 Å². The maximum Gasteiger partial charge on any atom is 0.263 e. The smallest absolute Gasteiger partial charge is 0.263 e. The van der Waals surface area contributed by atoms with Crippen LogP contribution < -0.4 is 5.32 Å². The van der Waals surface area contributed by atoms with Crippen LogP contribution in [-0.4, -0.2) is 20.4 Å². The van der Waals surface area contributed by atoms with E-state index in [0.717, 1.165) is 27.6 Å². The number of rotatable bonds is 4. The number of fused-ring (bicyclic) bond motifs is 1. The average molecular weight is 342 g/mol. The third-order valence-electron chi connectivity index (χ3n) is 4.16. The van der Waals surface area contributed by atoms with Gasteiger partial charge in [0, 0.05) is 7.05 Å². The molecule has 24 heavy (non-hydrogen) atoms. The second kappa shape index (κ2) is 6.36. The lowest BCUT2D eigenvalue weighted by molar-refractivity contribution is 0.0926. The number of hydrogen-bond donors (Lipinski definition) is 1. The number of para-hydroxylation sites is 2. The molecular formula is C18H22N4OS. The highest BCUT2D eigenvalue weighted by Gasteiger charge is 2.25. The molecule has 1 aromatic carbocycles.